The molecule has 1 aromatic carbocycles. The molecule has 0 spiro atoms. The molecule has 1 atom stereocenters. The SMILES string of the molecule is [2H]N1CCN(CC#C)CC1c1ccc(C(=O)OC)cc1. The number of rotatable bonds is 3. The first-order chi connectivity index (χ1) is 9.65. The second-order valence-corrected chi connectivity index (χ2v) is 4.47. The van der Waals surface area contributed by atoms with Crippen molar-refractivity contribution in [3.63, 3.8) is 0 Å². The maximum absolute atomic E-state index is 11.4. The van der Waals surface area contributed by atoms with Crippen molar-refractivity contribution in [2.24, 2.45) is 0 Å². The summed E-state index contributed by atoms with van der Waals surface area (Å²) >= 11 is 0. The Kier molecular flexibility index (Phi) is 4.10. The van der Waals surface area contributed by atoms with Crippen LogP contribution in [0, 0.1) is 12.3 Å². The molecule has 1 aliphatic heterocycles. The van der Waals surface area contributed by atoms with E-state index in [9.17, 15) is 4.79 Å². The third-order valence-corrected chi connectivity index (χ3v) is 3.23. The normalized spacial score (nSPS) is 21.5. The quantitative estimate of drug-likeness (QED) is 0.651. The first-order valence-corrected chi connectivity index (χ1v) is 6.25. The van der Waals surface area contributed by atoms with Gasteiger partial charge in [-0.15, -0.1) is 6.42 Å². The Hall–Kier alpha value is -1.83. The molecule has 19 heavy (non-hydrogen) atoms. The lowest BCUT2D eigenvalue weighted by Crippen LogP contribution is -2.45. The standard InChI is InChI=1S/C15H18N2O2/c1-3-9-17-10-8-16-14(11-17)12-4-6-13(7-5-12)15(18)19-2/h1,4-7,14,16H,8-11H2,2H3/i/hD. The van der Waals surface area contributed by atoms with Crippen LogP contribution in [0.2, 0.25) is 1.41 Å². The maximum Gasteiger partial charge on any atom is 0.337 e. The molecule has 2 rings (SSSR count). The van der Waals surface area contributed by atoms with Crippen LogP contribution < -0.4 is 5.31 Å². The number of terminal acetylenes is 1. The van der Waals surface area contributed by atoms with Gasteiger partial charge in [-0.3, -0.25) is 4.90 Å². The van der Waals surface area contributed by atoms with Crippen molar-refractivity contribution in [2.75, 3.05) is 33.3 Å². The first kappa shape index (κ1) is 12.2. The topological polar surface area (TPSA) is 41.6 Å². The number of esters is 1. The van der Waals surface area contributed by atoms with Gasteiger partial charge in [-0.1, -0.05) is 18.1 Å². The van der Waals surface area contributed by atoms with E-state index in [1.54, 1.807) is 17.4 Å². The highest BCUT2D eigenvalue weighted by Gasteiger charge is 2.20. The van der Waals surface area contributed by atoms with Gasteiger partial charge in [-0.2, -0.15) is 0 Å². The van der Waals surface area contributed by atoms with Gasteiger partial charge >= 0.3 is 5.97 Å². The molecule has 4 nitrogen and oxygen atoms in total. The van der Waals surface area contributed by atoms with Crippen LogP contribution in [-0.2, 0) is 4.74 Å². The summed E-state index contributed by atoms with van der Waals surface area (Å²) in [6, 6.07) is 7.18. The summed E-state index contributed by atoms with van der Waals surface area (Å²) < 4.78 is 12.7. The van der Waals surface area contributed by atoms with E-state index in [1.165, 1.54) is 7.11 Å². The summed E-state index contributed by atoms with van der Waals surface area (Å²) in [7, 11) is 1.36. The van der Waals surface area contributed by atoms with Gasteiger partial charge in [0.15, 0.2) is 0 Å². The highest BCUT2D eigenvalue weighted by molar-refractivity contribution is 5.89. The molecule has 1 saturated heterocycles. The van der Waals surface area contributed by atoms with E-state index < -0.39 is 0 Å². The van der Waals surface area contributed by atoms with Crippen LogP contribution in [0.4, 0.5) is 0 Å². The van der Waals surface area contributed by atoms with E-state index >= 15 is 0 Å². The summed E-state index contributed by atoms with van der Waals surface area (Å²) in [6.45, 7) is 2.80. The van der Waals surface area contributed by atoms with E-state index in [0.29, 0.717) is 18.7 Å². The van der Waals surface area contributed by atoms with Crippen LogP contribution in [0.1, 0.15) is 22.0 Å². The summed E-state index contributed by atoms with van der Waals surface area (Å²) in [5.74, 6) is 2.29. The number of piperazine rings is 1. The minimum absolute atomic E-state index is 0.0243. The molecule has 4 heteroatoms. The molecule has 1 N–H and O–H groups in total. The molecule has 0 bridgehead atoms. The zero-order valence-corrected chi connectivity index (χ0v) is 11.0. The third kappa shape index (κ3) is 3.34. The zero-order valence-electron chi connectivity index (χ0n) is 12.0. The molecule has 0 aliphatic carbocycles. The fraction of sp³-hybridized carbons (Fsp3) is 0.400. The van der Waals surface area contributed by atoms with Gasteiger partial charge in [0.1, 0.15) is 1.41 Å². The lowest BCUT2D eigenvalue weighted by molar-refractivity contribution is 0.0600. The molecule has 100 valence electrons. The predicted molar refractivity (Wildman–Crippen MR) is 73.8 cm³/mol. The molecule has 1 aromatic rings. The first-order valence-electron chi connectivity index (χ1n) is 6.70. The highest BCUT2D eigenvalue weighted by atomic mass is 16.5. The number of carbonyl (C=O) groups excluding carboxylic acids is 1. The van der Waals surface area contributed by atoms with E-state index in [4.69, 9.17) is 7.84 Å². The smallest absolute Gasteiger partial charge is 0.337 e. The summed E-state index contributed by atoms with van der Waals surface area (Å²) in [5.41, 5.74) is 1.53. The molecule has 0 saturated carbocycles. The van der Waals surface area contributed by atoms with Crippen LogP contribution in [0.15, 0.2) is 24.3 Å². The Bertz CT molecular complexity index is 510. The van der Waals surface area contributed by atoms with Crippen LogP contribution in [0.25, 0.3) is 0 Å². The largest absolute Gasteiger partial charge is 0.465 e. The molecule has 1 aliphatic rings. The van der Waals surface area contributed by atoms with Crippen molar-refractivity contribution in [1.29, 1.82) is 0 Å². The van der Waals surface area contributed by atoms with Crippen LogP contribution >= 0.6 is 0 Å². The molecule has 0 amide bonds. The Balaban J connectivity index is 2.13. The minimum atomic E-state index is -0.350. The lowest BCUT2D eigenvalue weighted by atomic mass is 10.0. The number of carbonyl (C=O) groups is 1. The minimum Gasteiger partial charge on any atom is -0.465 e. The number of nitrogens with zero attached hydrogens (tertiary/aromatic N) is 1. The Labute approximate surface area is 115 Å². The lowest BCUT2D eigenvalue weighted by Gasteiger charge is -2.32. The number of benzene rings is 1. The molecular formula is C15H18N2O2. The monoisotopic (exact) mass is 259 g/mol. The second-order valence-electron chi connectivity index (χ2n) is 4.47. The van der Waals surface area contributed by atoms with Gasteiger partial charge in [-0.05, 0) is 17.7 Å². The number of hydrogen-bond acceptors (Lipinski definition) is 4. The number of hydrogen-bond donors (Lipinski definition) is 1. The fourth-order valence-electron chi connectivity index (χ4n) is 2.19. The average molecular weight is 259 g/mol. The molecule has 1 fully saturated rings. The third-order valence-electron chi connectivity index (χ3n) is 3.23. The van der Waals surface area contributed by atoms with Crippen molar-refractivity contribution in [2.45, 2.75) is 6.04 Å². The summed E-state index contributed by atoms with van der Waals surface area (Å²) in [5, 5.41) is 1.57. The van der Waals surface area contributed by atoms with Crippen molar-refractivity contribution >= 4 is 5.97 Å². The molecule has 1 unspecified atom stereocenters. The Morgan fingerprint density at radius 3 is 3.00 bits per heavy atom. The van der Waals surface area contributed by atoms with Gasteiger partial charge in [0.25, 0.3) is 0 Å². The van der Waals surface area contributed by atoms with Crippen LogP contribution in [0.5, 0.6) is 0 Å². The Morgan fingerprint density at radius 1 is 1.63 bits per heavy atom. The summed E-state index contributed by atoms with van der Waals surface area (Å²) in [6.07, 6.45) is 5.34. The van der Waals surface area contributed by atoms with E-state index in [2.05, 4.69) is 15.6 Å². The van der Waals surface area contributed by atoms with Gasteiger partial charge in [0, 0.05) is 25.7 Å². The van der Waals surface area contributed by atoms with Gasteiger partial charge in [-0.25, -0.2) is 4.79 Å². The average Bonchev–Trinajstić information content (AvgIpc) is 2.49. The van der Waals surface area contributed by atoms with Gasteiger partial charge < -0.3 is 10.0 Å². The molecular weight excluding hydrogens is 240 g/mol. The van der Waals surface area contributed by atoms with Crippen LogP contribution in [-0.4, -0.2) is 44.2 Å². The molecule has 0 aromatic heterocycles. The second kappa shape index (κ2) is 6.37. The zero-order chi connectivity index (χ0) is 14.5. The number of nitrogens with one attached hydrogen (secondary N) is 1. The summed E-state index contributed by atoms with van der Waals surface area (Å²) in [4.78, 5) is 13.6. The van der Waals surface area contributed by atoms with Crippen molar-refractivity contribution in [3.05, 3.63) is 35.4 Å². The molecule has 0 radical (unpaired) electrons. The fourth-order valence-corrected chi connectivity index (χ4v) is 2.19. The van der Waals surface area contributed by atoms with Gasteiger partial charge in [0.05, 0.1) is 19.2 Å². The van der Waals surface area contributed by atoms with E-state index in [1.807, 2.05) is 12.1 Å². The van der Waals surface area contributed by atoms with Crippen molar-refractivity contribution in [1.82, 2.24) is 10.2 Å². The van der Waals surface area contributed by atoms with Crippen molar-refractivity contribution < 1.29 is 10.9 Å². The number of ether oxygens (including phenoxy) is 1. The predicted octanol–water partition coefficient (Wildman–Crippen LogP) is 1.05. The van der Waals surface area contributed by atoms with Crippen molar-refractivity contribution in [3.8, 4) is 12.3 Å². The Morgan fingerprint density at radius 2 is 2.37 bits per heavy atom. The number of methoxy groups -OCH3 is 1. The van der Waals surface area contributed by atoms with E-state index in [0.717, 1.165) is 18.7 Å². The van der Waals surface area contributed by atoms with Gasteiger partial charge in [0.2, 0.25) is 0 Å². The maximum atomic E-state index is 11.4. The highest BCUT2D eigenvalue weighted by Crippen LogP contribution is 2.18. The van der Waals surface area contributed by atoms with Crippen LogP contribution in [0.3, 0.4) is 0 Å². The molecule has 1 heterocycles. The van der Waals surface area contributed by atoms with E-state index in [-0.39, 0.29) is 12.0 Å².